The lowest BCUT2D eigenvalue weighted by Crippen LogP contribution is -2.36. The number of amides is 1. The van der Waals surface area contributed by atoms with Crippen LogP contribution in [0.25, 0.3) is 10.6 Å². The summed E-state index contributed by atoms with van der Waals surface area (Å²) in [7, 11) is 0. The Kier molecular flexibility index (Phi) is 6.59. The number of aryl methyl sites for hydroxylation is 1. The molecule has 4 rings (SSSR count). The number of nitrogens with zero attached hydrogens (tertiary/aromatic N) is 2. The molecule has 2 heterocycles. The van der Waals surface area contributed by atoms with Crippen molar-refractivity contribution in [2.45, 2.75) is 6.92 Å². The summed E-state index contributed by atoms with van der Waals surface area (Å²) in [6.45, 7) is 4.78. The van der Waals surface area contributed by atoms with E-state index in [0.717, 1.165) is 48.1 Å². The molecule has 0 bridgehead atoms. The smallest absolute Gasteiger partial charge is 0.358 e. The first-order valence-electron chi connectivity index (χ1n) is 10.0. The van der Waals surface area contributed by atoms with E-state index >= 15 is 0 Å². The lowest BCUT2D eigenvalue weighted by Gasteiger charge is -2.28. The van der Waals surface area contributed by atoms with Gasteiger partial charge in [-0.25, -0.2) is 9.78 Å². The van der Waals surface area contributed by atoms with Crippen molar-refractivity contribution in [3.8, 4) is 10.6 Å². The molecule has 1 aliphatic rings. The van der Waals surface area contributed by atoms with Crippen LogP contribution < -0.4 is 10.2 Å². The number of aromatic nitrogens is 1. The highest BCUT2D eigenvalue weighted by molar-refractivity contribution is 7.13. The number of carbonyl (C=O) groups is 2. The highest BCUT2D eigenvalue weighted by Crippen LogP contribution is 2.24. The van der Waals surface area contributed by atoms with Crippen LogP contribution in [0.5, 0.6) is 0 Å². The van der Waals surface area contributed by atoms with Gasteiger partial charge < -0.3 is 19.7 Å². The standard InChI is InChI=1S/C23H23N3O4S/c1-16-2-4-17(5-3-16)22-25-20(15-31-22)23(28)30-14-21(27)24-18-6-8-19(9-7-18)26-10-12-29-13-11-26/h2-9,15H,10-14H2,1H3,(H,24,27). The molecular formula is C23H23N3O4S. The average molecular weight is 438 g/mol. The lowest BCUT2D eigenvalue weighted by molar-refractivity contribution is -0.119. The van der Waals surface area contributed by atoms with Crippen molar-refractivity contribution in [1.82, 2.24) is 4.98 Å². The number of esters is 1. The summed E-state index contributed by atoms with van der Waals surface area (Å²) in [5.41, 5.74) is 4.02. The van der Waals surface area contributed by atoms with Gasteiger partial charge >= 0.3 is 5.97 Å². The van der Waals surface area contributed by atoms with Crippen LogP contribution in [0.4, 0.5) is 11.4 Å². The molecule has 0 atom stereocenters. The molecule has 31 heavy (non-hydrogen) atoms. The molecule has 1 amide bonds. The Labute approximate surface area is 184 Å². The maximum Gasteiger partial charge on any atom is 0.358 e. The zero-order valence-corrected chi connectivity index (χ0v) is 18.0. The molecule has 7 nitrogen and oxygen atoms in total. The van der Waals surface area contributed by atoms with Gasteiger partial charge in [-0.15, -0.1) is 11.3 Å². The van der Waals surface area contributed by atoms with Crippen molar-refractivity contribution in [2.75, 3.05) is 43.1 Å². The highest BCUT2D eigenvalue weighted by Gasteiger charge is 2.15. The second-order valence-electron chi connectivity index (χ2n) is 7.17. The predicted octanol–water partition coefficient (Wildman–Crippen LogP) is 3.75. The molecule has 2 aromatic carbocycles. The fraction of sp³-hybridized carbons (Fsp3) is 0.261. The summed E-state index contributed by atoms with van der Waals surface area (Å²) in [6.07, 6.45) is 0. The average Bonchev–Trinajstić information content (AvgIpc) is 3.29. The SMILES string of the molecule is Cc1ccc(-c2nc(C(=O)OCC(=O)Nc3ccc(N4CCOCC4)cc3)cs2)cc1. The van der Waals surface area contributed by atoms with E-state index in [9.17, 15) is 9.59 Å². The number of hydrogen-bond acceptors (Lipinski definition) is 7. The van der Waals surface area contributed by atoms with Crippen molar-refractivity contribution < 1.29 is 19.1 Å². The van der Waals surface area contributed by atoms with Gasteiger partial charge in [0.1, 0.15) is 5.01 Å². The van der Waals surface area contributed by atoms with E-state index in [4.69, 9.17) is 9.47 Å². The van der Waals surface area contributed by atoms with Gasteiger partial charge in [-0.1, -0.05) is 29.8 Å². The van der Waals surface area contributed by atoms with Crippen molar-refractivity contribution >= 4 is 34.6 Å². The minimum absolute atomic E-state index is 0.197. The van der Waals surface area contributed by atoms with Crippen molar-refractivity contribution in [3.05, 3.63) is 65.2 Å². The molecule has 160 valence electrons. The Morgan fingerprint density at radius 1 is 1.10 bits per heavy atom. The molecule has 0 spiro atoms. The van der Waals surface area contributed by atoms with E-state index < -0.39 is 11.9 Å². The minimum atomic E-state index is -0.618. The van der Waals surface area contributed by atoms with Crippen molar-refractivity contribution in [1.29, 1.82) is 0 Å². The third kappa shape index (κ3) is 5.48. The highest BCUT2D eigenvalue weighted by atomic mass is 32.1. The van der Waals surface area contributed by atoms with E-state index in [1.807, 2.05) is 55.5 Å². The number of ether oxygens (including phenoxy) is 2. The van der Waals surface area contributed by atoms with Crippen LogP contribution >= 0.6 is 11.3 Å². The van der Waals surface area contributed by atoms with E-state index in [1.54, 1.807) is 5.38 Å². The molecule has 0 radical (unpaired) electrons. The Morgan fingerprint density at radius 3 is 2.52 bits per heavy atom. The zero-order chi connectivity index (χ0) is 21.6. The van der Waals surface area contributed by atoms with Crippen LogP contribution in [0.15, 0.2) is 53.9 Å². The number of carbonyl (C=O) groups excluding carboxylic acids is 2. The zero-order valence-electron chi connectivity index (χ0n) is 17.2. The van der Waals surface area contributed by atoms with Crippen LogP contribution in [0, 0.1) is 6.92 Å². The van der Waals surface area contributed by atoms with Gasteiger partial charge in [0.05, 0.1) is 13.2 Å². The molecule has 0 unspecified atom stereocenters. The van der Waals surface area contributed by atoms with Crippen LogP contribution in [0.1, 0.15) is 16.1 Å². The number of rotatable bonds is 6. The van der Waals surface area contributed by atoms with Gasteiger partial charge in [-0.3, -0.25) is 4.79 Å². The number of nitrogens with one attached hydrogen (secondary N) is 1. The molecule has 0 aliphatic carbocycles. The summed E-state index contributed by atoms with van der Waals surface area (Å²) in [5.74, 6) is -1.02. The summed E-state index contributed by atoms with van der Waals surface area (Å²) in [5, 5.41) is 5.11. The maximum absolute atomic E-state index is 12.2. The number of thiazole rings is 1. The Balaban J connectivity index is 1.27. The van der Waals surface area contributed by atoms with Crippen LogP contribution in [0.2, 0.25) is 0 Å². The Bertz CT molecular complexity index is 1040. The van der Waals surface area contributed by atoms with Gasteiger partial charge in [0, 0.05) is 35.4 Å². The van der Waals surface area contributed by atoms with E-state index in [0.29, 0.717) is 5.69 Å². The number of hydrogen-bond donors (Lipinski definition) is 1. The third-order valence-electron chi connectivity index (χ3n) is 4.87. The first-order chi connectivity index (χ1) is 15.1. The van der Waals surface area contributed by atoms with E-state index in [1.165, 1.54) is 11.3 Å². The largest absolute Gasteiger partial charge is 0.451 e. The molecule has 8 heteroatoms. The summed E-state index contributed by atoms with van der Waals surface area (Å²) in [6, 6.07) is 15.5. The predicted molar refractivity (Wildman–Crippen MR) is 121 cm³/mol. The first kappa shape index (κ1) is 21.0. The van der Waals surface area contributed by atoms with Crippen molar-refractivity contribution in [2.24, 2.45) is 0 Å². The maximum atomic E-state index is 12.2. The molecule has 1 aliphatic heterocycles. The second-order valence-corrected chi connectivity index (χ2v) is 8.03. The van der Waals surface area contributed by atoms with E-state index in [2.05, 4.69) is 15.2 Å². The Morgan fingerprint density at radius 2 is 1.81 bits per heavy atom. The van der Waals surface area contributed by atoms with Crippen molar-refractivity contribution in [3.63, 3.8) is 0 Å². The number of benzene rings is 2. The quantitative estimate of drug-likeness (QED) is 0.592. The summed E-state index contributed by atoms with van der Waals surface area (Å²) < 4.78 is 10.5. The molecule has 1 N–H and O–H groups in total. The third-order valence-corrected chi connectivity index (χ3v) is 5.76. The fourth-order valence-electron chi connectivity index (χ4n) is 3.18. The summed E-state index contributed by atoms with van der Waals surface area (Å²) >= 11 is 1.36. The summed E-state index contributed by atoms with van der Waals surface area (Å²) in [4.78, 5) is 31.0. The lowest BCUT2D eigenvalue weighted by atomic mass is 10.2. The van der Waals surface area contributed by atoms with Gasteiger partial charge in [-0.05, 0) is 31.2 Å². The number of morpholine rings is 1. The monoisotopic (exact) mass is 437 g/mol. The molecule has 1 fully saturated rings. The molecule has 1 aromatic heterocycles. The van der Waals surface area contributed by atoms with Gasteiger partial charge in [0.15, 0.2) is 12.3 Å². The Hall–Kier alpha value is -3.23. The van der Waals surface area contributed by atoms with Crippen LogP contribution in [-0.2, 0) is 14.3 Å². The van der Waals surface area contributed by atoms with Crippen LogP contribution in [0.3, 0.4) is 0 Å². The minimum Gasteiger partial charge on any atom is -0.451 e. The normalized spacial score (nSPS) is 13.6. The first-order valence-corrected chi connectivity index (χ1v) is 10.9. The molecule has 3 aromatic rings. The van der Waals surface area contributed by atoms with Gasteiger partial charge in [0.25, 0.3) is 5.91 Å². The van der Waals surface area contributed by atoms with Gasteiger partial charge in [0.2, 0.25) is 0 Å². The topological polar surface area (TPSA) is 80.8 Å². The van der Waals surface area contributed by atoms with Crippen LogP contribution in [-0.4, -0.2) is 49.8 Å². The fourth-order valence-corrected chi connectivity index (χ4v) is 3.97. The van der Waals surface area contributed by atoms with Gasteiger partial charge in [-0.2, -0.15) is 0 Å². The molecule has 0 saturated carbocycles. The number of anilines is 2. The second kappa shape index (κ2) is 9.72. The van der Waals surface area contributed by atoms with E-state index in [-0.39, 0.29) is 12.3 Å². The molecular weight excluding hydrogens is 414 g/mol. The molecule has 1 saturated heterocycles.